The summed E-state index contributed by atoms with van der Waals surface area (Å²) in [5.41, 5.74) is 2.14. The second-order valence-corrected chi connectivity index (χ2v) is 7.05. The summed E-state index contributed by atoms with van der Waals surface area (Å²) in [7, 11) is 0. The summed E-state index contributed by atoms with van der Waals surface area (Å²) >= 11 is 0. The molecule has 2 aromatic carbocycles. The highest BCUT2D eigenvalue weighted by Crippen LogP contribution is 2.23. The number of hydrogen-bond acceptors (Lipinski definition) is 4. The number of carbonyl (C=O) groups is 1. The van der Waals surface area contributed by atoms with Crippen LogP contribution in [0.5, 0.6) is 0 Å². The second kappa shape index (κ2) is 8.16. The molecule has 0 saturated carbocycles. The Balaban J connectivity index is 1.28. The molecule has 0 spiro atoms. The molecule has 1 aliphatic rings. The van der Waals surface area contributed by atoms with Crippen molar-refractivity contribution in [3.63, 3.8) is 0 Å². The molecule has 0 N–H and O–H groups in total. The highest BCUT2D eigenvalue weighted by molar-refractivity contribution is 5.76. The average Bonchev–Trinajstić information content (AvgIpc) is 3.38. The number of aryl methyl sites for hydroxylation is 1. The molecule has 0 bridgehead atoms. The molecule has 0 aliphatic carbocycles. The first kappa shape index (κ1) is 17.5. The molecule has 1 atom stereocenters. The molecule has 3 aromatic rings. The van der Waals surface area contributed by atoms with Gasteiger partial charge in [-0.25, -0.2) is 0 Å². The van der Waals surface area contributed by atoms with Gasteiger partial charge in [-0.1, -0.05) is 48.5 Å². The standard InChI is InChI=1S/C22H23N3O2/c26-21(12-11-17-7-3-1-4-8-17)25-14-13-18(16-25)15-20-23-24-22(27-20)19-9-5-2-6-10-19/h1-10,18H,11-16H2. The third kappa shape index (κ3) is 4.42. The Morgan fingerprint density at radius 1 is 1.04 bits per heavy atom. The maximum Gasteiger partial charge on any atom is 0.247 e. The van der Waals surface area contributed by atoms with Gasteiger partial charge >= 0.3 is 0 Å². The predicted molar refractivity (Wildman–Crippen MR) is 103 cm³/mol. The molecule has 5 heteroatoms. The average molecular weight is 361 g/mol. The van der Waals surface area contributed by atoms with Crippen LogP contribution in [0, 0.1) is 5.92 Å². The van der Waals surface area contributed by atoms with Crippen LogP contribution in [0.25, 0.3) is 11.5 Å². The van der Waals surface area contributed by atoms with Crippen molar-refractivity contribution in [3.8, 4) is 11.5 Å². The fraction of sp³-hybridized carbons (Fsp3) is 0.318. The van der Waals surface area contributed by atoms with Crippen LogP contribution in [0.1, 0.15) is 24.3 Å². The molecule has 27 heavy (non-hydrogen) atoms. The molecule has 4 rings (SSSR count). The molecule has 2 heterocycles. The van der Waals surface area contributed by atoms with E-state index in [9.17, 15) is 4.79 Å². The van der Waals surface area contributed by atoms with Gasteiger partial charge in [-0.2, -0.15) is 0 Å². The predicted octanol–water partition coefficient (Wildman–Crippen LogP) is 3.76. The van der Waals surface area contributed by atoms with Crippen LogP contribution in [0.15, 0.2) is 65.1 Å². The zero-order chi connectivity index (χ0) is 18.5. The Hall–Kier alpha value is -2.95. The molecule has 0 radical (unpaired) electrons. The monoisotopic (exact) mass is 361 g/mol. The van der Waals surface area contributed by atoms with Crippen molar-refractivity contribution in [2.24, 2.45) is 5.92 Å². The van der Waals surface area contributed by atoms with Crippen LogP contribution in [-0.4, -0.2) is 34.1 Å². The zero-order valence-electron chi connectivity index (χ0n) is 15.3. The Bertz CT molecular complexity index is 877. The summed E-state index contributed by atoms with van der Waals surface area (Å²) in [6, 6.07) is 19.9. The molecule has 1 saturated heterocycles. The second-order valence-electron chi connectivity index (χ2n) is 7.05. The minimum Gasteiger partial charge on any atom is -0.421 e. The van der Waals surface area contributed by atoms with E-state index in [1.54, 1.807) is 0 Å². The van der Waals surface area contributed by atoms with Crippen molar-refractivity contribution in [1.29, 1.82) is 0 Å². The van der Waals surface area contributed by atoms with Gasteiger partial charge < -0.3 is 9.32 Å². The maximum absolute atomic E-state index is 12.5. The lowest BCUT2D eigenvalue weighted by Gasteiger charge is -2.16. The number of amides is 1. The first-order chi connectivity index (χ1) is 13.3. The van der Waals surface area contributed by atoms with Gasteiger partial charge in [-0.15, -0.1) is 10.2 Å². The van der Waals surface area contributed by atoms with Gasteiger partial charge in [0.1, 0.15) is 0 Å². The summed E-state index contributed by atoms with van der Waals surface area (Å²) < 4.78 is 5.81. The first-order valence-electron chi connectivity index (χ1n) is 9.47. The number of nitrogens with zero attached hydrogens (tertiary/aromatic N) is 3. The molecule has 5 nitrogen and oxygen atoms in total. The van der Waals surface area contributed by atoms with E-state index in [0.717, 1.165) is 37.9 Å². The van der Waals surface area contributed by atoms with Gasteiger partial charge in [0, 0.05) is 31.5 Å². The van der Waals surface area contributed by atoms with Crippen molar-refractivity contribution in [3.05, 3.63) is 72.1 Å². The number of carbonyl (C=O) groups excluding carboxylic acids is 1. The van der Waals surface area contributed by atoms with Crippen LogP contribution < -0.4 is 0 Å². The van der Waals surface area contributed by atoms with E-state index in [1.807, 2.05) is 53.4 Å². The molecule has 1 aliphatic heterocycles. The Morgan fingerprint density at radius 3 is 2.56 bits per heavy atom. The maximum atomic E-state index is 12.5. The van der Waals surface area contributed by atoms with Crippen LogP contribution in [0.2, 0.25) is 0 Å². The normalized spacial score (nSPS) is 16.6. The van der Waals surface area contributed by atoms with Gasteiger partial charge in [0.25, 0.3) is 0 Å². The number of benzene rings is 2. The van der Waals surface area contributed by atoms with Crippen molar-refractivity contribution >= 4 is 5.91 Å². The van der Waals surface area contributed by atoms with E-state index >= 15 is 0 Å². The van der Waals surface area contributed by atoms with Crippen LogP contribution in [-0.2, 0) is 17.6 Å². The molecule has 1 aromatic heterocycles. The van der Waals surface area contributed by atoms with Gasteiger partial charge in [0.2, 0.25) is 17.7 Å². The van der Waals surface area contributed by atoms with Crippen molar-refractivity contribution in [1.82, 2.24) is 15.1 Å². The summed E-state index contributed by atoms with van der Waals surface area (Å²) in [4.78, 5) is 14.5. The Morgan fingerprint density at radius 2 is 1.78 bits per heavy atom. The molecular formula is C22H23N3O2. The van der Waals surface area contributed by atoms with E-state index in [1.165, 1.54) is 5.56 Å². The minimum atomic E-state index is 0.233. The molecule has 1 fully saturated rings. The Labute approximate surface area is 159 Å². The van der Waals surface area contributed by atoms with Gasteiger partial charge in [0.15, 0.2) is 0 Å². The van der Waals surface area contributed by atoms with E-state index in [2.05, 4.69) is 22.3 Å². The third-order valence-corrected chi connectivity index (χ3v) is 5.06. The number of likely N-dealkylation sites (tertiary alicyclic amines) is 1. The lowest BCUT2D eigenvalue weighted by molar-refractivity contribution is -0.130. The zero-order valence-corrected chi connectivity index (χ0v) is 15.3. The SMILES string of the molecule is O=C(CCc1ccccc1)N1CCC(Cc2nnc(-c3ccccc3)o2)C1. The molecule has 1 unspecified atom stereocenters. The number of hydrogen-bond donors (Lipinski definition) is 0. The van der Waals surface area contributed by atoms with E-state index in [0.29, 0.717) is 24.1 Å². The van der Waals surface area contributed by atoms with Crippen LogP contribution in [0.4, 0.5) is 0 Å². The van der Waals surface area contributed by atoms with E-state index in [-0.39, 0.29) is 5.91 Å². The highest BCUT2D eigenvalue weighted by atomic mass is 16.4. The lowest BCUT2D eigenvalue weighted by Crippen LogP contribution is -2.29. The van der Waals surface area contributed by atoms with Crippen molar-refractivity contribution in [2.45, 2.75) is 25.7 Å². The van der Waals surface area contributed by atoms with Gasteiger partial charge in [0.05, 0.1) is 0 Å². The van der Waals surface area contributed by atoms with Gasteiger partial charge in [-0.3, -0.25) is 4.79 Å². The fourth-order valence-corrected chi connectivity index (χ4v) is 3.56. The smallest absolute Gasteiger partial charge is 0.247 e. The van der Waals surface area contributed by atoms with Crippen LogP contribution in [0.3, 0.4) is 0 Å². The van der Waals surface area contributed by atoms with Crippen molar-refractivity contribution < 1.29 is 9.21 Å². The molecule has 1 amide bonds. The van der Waals surface area contributed by atoms with E-state index < -0.39 is 0 Å². The summed E-state index contributed by atoms with van der Waals surface area (Å²) in [5.74, 6) is 1.82. The quantitative estimate of drug-likeness (QED) is 0.671. The first-order valence-corrected chi connectivity index (χ1v) is 9.47. The highest BCUT2D eigenvalue weighted by Gasteiger charge is 2.27. The Kier molecular flexibility index (Phi) is 5.28. The minimum absolute atomic E-state index is 0.233. The summed E-state index contributed by atoms with van der Waals surface area (Å²) in [5, 5.41) is 8.33. The van der Waals surface area contributed by atoms with Crippen LogP contribution >= 0.6 is 0 Å². The summed E-state index contributed by atoms with van der Waals surface area (Å²) in [6.07, 6.45) is 3.07. The molecule has 138 valence electrons. The van der Waals surface area contributed by atoms with Crippen molar-refractivity contribution in [2.75, 3.05) is 13.1 Å². The lowest BCUT2D eigenvalue weighted by atomic mass is 10.1. The number of aromatic nitrogens is 2. The van der Waals surface area contributed by atoms with Gasteiger partial charge in [-0.05, 0) is 36.5 Å². The third-order valence-electron chi connectivity index (χ3n) is 5.06. The fourth-order valence-electron chi connectivity index (χ4n) is 3.56. The topological polar surface area (TPSA) is 59.2 Å². The summed E-state index contributed by atoms with van der Waals surface area (Å²) in [6.45, 7) is 1.59. The number of rotatable bonds is 6. The molecular weight excluding hydrogens is 338 g/mol. The largest absolute Gasteiger partial charge is 0.421 e. The van der Waals surface area contributed by atoms with E-state index in [4.69, 9.17) is 4.42 Å².